The summed E-state index contributed by atoms with van der Waals surface area (Å²) in [7, 11) is 0. The van der Waals surface area contributed by atoms with Gasteiger partial charge in [-0.15, -0.1) is 0 Å². The molecule has 134 valence electrons. The third-order valence-electron chi connectivity index (χ3n) is 5.12. The van der Waals surface area contributed by atoms with Gasteiger partial charge in [-0.3, -0.25) is 9.59 Å². The molecule has 0 aromatic heterocycles. The largest absolute Gasteiger partial charge is 0.481 e. The summed E-state index contributed by atoms with van der Waals surface area (Å²) in [6, 6.07) is 7.97. The number of fused-ring (bicyclic) bond motifs is 2. The van der Waals surface area contributed by atoms with E-state index in [1.807, 2.05) is 19.1 Å². The standard InChI is InChI=1S/C20H25NO4/c1-11(12-5-7-13(8-6-12)20(2,3)4)21-18(22)16-14-9-10-15(25-14)17(16)19(23)24/h5-11,14-17H,1-4H3,(H,21,22)(H,23,24)/t11-,14+,15-,16+,17+/m1/s1. The second-order valence-electron chi connectivity index (χ2n) is 7.94. The first-order valence-corrected chi connectivity index (χ1v) is 8.66. The molecule has 3 rings (SSSR count). The zero-order valence-corrected chi connectivity index (χ0v) is 15.0. The Balaban J connectivity index is 1.70. The number of aliphatic carboxylic acids is 1. The fraction of sp³-hybridized carbons (Fsp3) is 0.500. The van der Waals surface area contributed by atoms with Gasteiger partial charge in [0.05, 0.1) is 24.2 Å². The zero-order valence-electron chi connectivity index (χ0n) is 15.0. The molecule has 0 radical (unpaired) electrons. The Morgan fingerprint density at radius 1 is 1.08 bits per heavy atom. The van der Waals surface area contributed by atoms with Crippen LogP contribution in [0.3, 0.4) is 0 Å². The molecule has 1 saturated heterocycles. The molecule has 25 heavy (non-hydrogen) atoms. The molecule has 1 fully saturated rings. The molecule has 2 aliphatic heterocycles. The van der Waals surface area contributed by atoms with E-state index in [1.165, 1.54) is 5.56 Å². The van der Waals surface area contributed by atoms with Gasteiger partial charge in [0.2, 0.25) is 5.91 Å². The number of ether oxygens (including phenoxy) is 1. The lowest BCUT2D eigenvalue weighted by molar-refractivity contribution is -0.146. The minimum absolute atomic E-state index is 0.0759. The third-order valence-corrected chi connectivity index (χ3v) is 5.12. The monoisotopic (exact) mass is 343 g/mol. The SMILES string of the molecule is C[C@@H](NC(=O)[C@@H]1[C@@H](C(=O)O)[C@H]2C=C[C@@H]1O2)c1ccc(C(C)(C)C)cc1. The van der Waals surface area contributed by atoms with Gasteiger partial charge in [-0.05, 0) is 23.5 Å². The molecular weight excluding hydrogens is 318 g/mol. The summed E-state index contributed by atoms with van der Waals surface area (Å²) in [5.74, 6) is -2.75. The molecular formula is C20H25NO4. The Morgan fingerprint density at radius 3 is 2.16 bits per heavy atom. The summed E-state index contributed by atoms with van der Waals surface area (Å²) in [4.78, 5) is 24.2. The van der Waals surface area contributed by atoms with Crippen LogP contribution in [0.15, 0.2) is 36.4 Å². The first-order chi connectivity index (χ1) is 11.7. The average molecular weight is 343 g/mol. The van der Waals surface area contributed by atoms with Crippen LogP contribution in [0.25, 0.3) is 0 Å². The van der Waals surface area contributed by atoms with Crippen LogP contribution in [0.5, 0.6) is 0 Å². The van der Waals surface area contributed by atoms with Crippen LogP contribution in [-0.4, -0.2) is 29.2 Å². The van der Waals surface area contributed by atoms with E-state index in [9.17, 15) is 14.7 Å². The van der Waals surface area contributed by atoms with Gasteiger partial charge in [0.1, 0.15) is 5.92 Å². The lowest BCUT2D eigenvalue weighted by Crippen LogP contribution is -2.43. The zero-order chi connectivity index (χ0) is 18.4. The molecule has 1 aromatic rings. The van der Waals surface area contributed by atoms with Crippen molar-refractivity contribution in [1.29, 1.82) is 0 Å². The van der Waals surface area contributed by atoms with Gasteiger partial charge in [0.25, 0.3) is 0 Å². The third kappa shape index (κ3) is 3.33. The van der Waals surface area contributed by atoms with Gasteiger partial charge in [0, 0.05) is 0 Å². The fourth-order valence-corrected chi connectivity index (χ4v) is 3.58. The number of rotatable bonds is 4. The van der Waals surface area contributed by atoms with Crippen LogP contribution >= 0.6 is 0 Å². The predicted octanol–water partition coefficient (Wildman–Crippen LogP) is 2.82. The summed E-state index contributed by atoms with van der Waals surface area (Å²) >= 11 is 0. The summed E-state index contributed by atoms with van der Waals surface area (Å²) in [6.45, 7) is 8.37. The number of carbonyl (C=O) groups is 2. The van der Waals surface area contributed by atoms with E-state index in [-0.39, 0.29) is 17.4 Å². The van der Waals surface area contributed by atoms with E-state index in [2.05, 4.69) is 38.2 Å². The van der Waals surface area contributed by atoms with Crippen LogP contribution in [-0.2, 0) is 19.7 Å². The molecule has 5 heteroatoms. The second-order valence-corrected chi connectivity index (χ2v) is 7.94. The summed E-state index contributed by atoms with van der Waals surface area (Å²) < 4.78 is 5.57. The number of benzene rings is 1. The highest BCUT2D eigenvalue weighted by molar-refractivity contribution is 5.87. The normalized spacial score (nSPS) is 28.8. The van der Waals surface area contributed by atoms with Crippen molar-refractivity contribution >= 4 is 11.9 Å². The molecule has 2 heterocycles. The number of nitrogens with one attached hydrogen (secondary N) is 1. The van der Waals surface area contributed by atoms with Crippen LogP contribution in [0.4, 0.5) is 0 Å². The molecule has 0 aliphatic carbocycles. The maximum absolute atomic E-state index is 12.7. The molecule has 5 nitrogen and oxygen atoms in total. The molecule has 0 unspecified atom stereocenters. The Labute approximate surface area is 148 Å². The highest BCUT2D eigenvalue weighted by Gasteiger charge is 2.53. The Bertz CT molecular complexity index is 701. The van der Waals surface area contributed by atoms with Crippen molar-refractivity contribution in [3.05, 3.63) is 47.5 Å². The summed E-state index contributed by atoms with van der Waals surface area (Å²) in [5.41, 5.74) is 2.30. The Hall–Kier alpha value is -2.14. The van der Waals surface area contributed by atoms with Gasteiger partial charge in [0.15, 0.2) is 0 Å². The topological polar surface area (TPSA) is 75.6 Å². The van der Waals surface area contributed by atoms with Crippen molar-refractivity contribution in [1.82, 2.24) is 5.32 Å². The minimum atomic E-state index is -0.987. The lowest BCUT2D eigenvalue weighted by atomic mass is 9.82. The van der Waals surface area contributed by atoms with Crippen molar-refractivity contribution in [2.75, 3.05) is 0 Å². The molecule has 1 aromatic carbocycles. The second kappa shape index (κ2) is 6.30. The molecule has 5 atom stereocenters. The first-order valence-electron chi connectivity index (χ1n) is 8.66. The quantitative estimate of drug-likeness (QED) is 0.824. The van der Waals surface area contributed by atoms with Crippen molar-refractivity contribution in [2.45, 2.75) is 51.4 Å². The van der Waals surface area contributed by atoms with E-state index in [1.54, 1.807) is 12.2 Å². The van der Waals surface area contributed by atoms with Gasteiger partial charge >= 0.3 is 5.97 Å². The molecule has 1 amide bonds. The van der Waals surface area contributed by atoms with Crippen molar-refractivity contribution in [2.24, 2.45) is 11.8 Å². The average Bonchev–Trinajstić information content (AvgIpc) is 3.14. The smallest absolute Gasteiger partial charge is 0.310 e. The van der Waals surface area contributed by atoms with Gasteiger partial charge in [-0.1, -0.05) is 57.2 Å². The van der Waals surface area contributed by atoms with Gasteiger partial charge < -0.3 is 15.2 Å². The molecule has 2 aliphatic rings. The van der Waals surface area contributed by atoms with E-state index in [0.29, 0.717) is 0 Å². The van der Waals surface area contributed by atoms with Gasteiger partial charge in [-0.25, -0.2) is 0 Å². The number of amides is 1. The molecule has 2 N–H and O–H groups in total. The van der Waals surface area contributed by atoms with Crippen LogP contribution in [0.2, 0.25) is 0 Å². The van der Waals surface area contributed by atoms with Crippen molar-refractivity contribution < 1.29 is 19.4 Å². The minimum Gasteiger partial charge on any atom is -0.481 e. The first kappa shape index (κ1) is 17.7. The molecule has 2 bridgehead atoms. The number of carbonyl (C=O) groups excluding carboxylic acids is 1. The van der Waals surface area contributed by atoms with E-state index >= 15 is 0 Å². The number of carboxylic acid groups (broad SMARTS) is 1. The highest BCUT2D eigenvalue weighted by Crippen LogP contribution is 2.39. The van der Waals surface area contributed by atoms with E-state index in [0.717, 1.165) is 5.56 Å². The lowest BCUT2D eigenvalue weighted by Gasteiger charge is -2.24. The number of hydrogen-bond acceptors (Lipinski definition) is 3. The Morgan fingerprint density at radius 2 is 1.64 bits per heavy atom. The summed E-state index contributed by atoms with van der Waals surface area (Å²) in [5, 5.41) is 12.4. The molecule has 0 spiro atoms. The Kier molecular flexibility index (Phi) is 4.45. The molecule has 0 saturated carbocycles. The van der Waals surface area contributed by atoms with Crippen molar-refractivity contribution in [3.63, 3.8) is 0 Å². The van der Waals surface area contributed by atoms with Crippen LogP contribution < -0.4 is 5.32 Å². The highest BCUT2D eigenvalue weighted by atomic mass is 16.5. The van der Waals surface area contributed by atoms with E-state index in [4.69, 9.17) is 4.74 Å². The van der Waals surface area contributed by atoms with Crippen LogP contribution in [0.1, 0.15) is 44.9 Å². The summed E-state index contributed by atoms with van der Waals surface area (Å²) in [6.07, 6.45) is 2.58. The van der Waals surface area contributed by atoms with Crippen LogP contribution in [0, 0.1) is 11.8 Å². The number of carboxylic acids is 1. The predicted molar refractivity (Wildman–Crippen MR) is 94.1 cm³/mol. The van der Waals surface area contributed by atoms with E-state index < -0.39 is 30.0 Å². The fourth-order valence-electron chi connectivity index (χ4n) is 3.58. The maximum atomic E-state index is 12.7. The van der Waals surface area contributed by atoms with Gasteiger partial charge in [-0.2, -0.15) is 0 Å². The maximum Gasteiger partial charge on any atom is 0.310 e. The number of hydrogen-bond donors (Lipinski definition) is 2. The van der Waals surface area contributed by atoms with Crippen molar-refractivity contribution in [3.8, 4) is 0 Å².